The second-order valence-electron chi connectivity index (χ2n) is 6.70. The summed E-state index contributed by atoms with van der Waals surface area (Å²) in [6, 6.07) is 14.4. The van der Waals surface area contributed by atoms with Crippen LogP contribution in [0, 0.1) is 12.8 Å². The molecule has 26 heavy (non-hydrogen) atoms. The summed E-state index contributed by atoms with van der Waals surface area (Å²) < 4.78 is 5.98. The Hall–Kier alpha value is -2.66. The van der Waals surface area contributed by atoms with Gasteiger partial charge in [0.25, 0.3) is 5.91 Å². The van der Waals surface area contributed by atoms with E-state index in [1.54, 1.807) is 12.1 Å². The Bertz CT molecular complexity index is 785. The molecule has 0 aliphatic carbocycles. The van der Waals surface area contributed by atoms with Crippen molar-refractivity contribution >= 4 is 11.9 Å². The van der Waals surface area contributed by atoms with Crippen LogP contribution in [0.4, 0.5) is 0 Å². The number of carbonyl (C=O) groups excluding carboxylic acids is 1. The number of nitrogens with one attached hydrogen (secondary N) is 1. The molecular formula is C21H23NO4. The van der Waals surface area contributed by atoms with Crippen LogP contribution in [-0.4, -0.2) is 30.1 Å². The number of hydrogen-bond donors (Lipinski definition) is 2. The van der Waals surface area contributed by atoms with E-state index in [4.69, 9.17) is 9.84 Å². The second-order valence-corrected chi connectivity index (χ2v) is 6.70. The normalized spacial score (nSPS) is 19.7. The van der Waals surface area contributed by atoms with Crippen LogP contribution in [0.25, 0.3) is 0 Å². The molecule has 2 N–H and O–H groups in total. The van der Waals surface area contributed by atoms with Gasteiger partial charge < -0.3 is 15.2 Å². The highest BCUT2D eigenvalue weighted by atomic mass is 16.5. The van der Waals surface area contributed by atoms with E-state index >= 15 is 0 Å². The lowest BCUT2D eigenvalue weighted by Gasteiger charge is -2.32. The third-order valence-corrected chi connectivity index (χ3v) is 4.75. The average Bonchev–Trinajstić information content (AvgIpc) is 2.67. The van der Waals surface area contributed by atoms with Gasteiger partial charge in [0.1, 0.15) is 0 Å². The van der Waals surface area contributed by atoms with Crippen LogP contribution < -0.4 is 5.32 Å². The van der Waals surface area contributed by atoms with Crippen LogP contribution in [0.2, 0.25) is 0 Å². The Morgan fingerprint density at radius 1 is 1.15 bits per heavy atom. The van der Waals surface area contributed by atoms with E-state index in [-0.39, 0.29) is 23.5 Å². The van der Waals surface area contributed by atoms with Gasteiger partial charge in [-0.1, -0.05) is 35.9 Å². The fourth-order valence-corrected chi connectivity index (χ4v) is 3.30. The minimum absolute atomic E-state index is 0.0324. The van der Waals surface area contributed by atoms with Gasteiger partial charge in [0.15, 0.2) is 0 Å². The predicted molar refractivity (Wildman–Crippen MR) is 98.3 cm³/mol. The highest BCUT2D eigenvalue weighted by molar-refractivity contribution is 5.97. The van der Waals surface area contributed by atoms with Gasteiger partial charge in [-0.2, -0.15) is 0 Å². The minimum atomic E-state index is -1.04. The maximum absolute atomic E-state index is 12.4. The van der Waals surface area contributed by atoms with Crippen LogP contribution in [0.5, 0.6) is 0 Å². The summed E-state index contributed by atoms with van der Waals surface area (Å²) in [5.41, 5.74) is 2.79. The fourth-order valence-electron chi connectivity index (χ4n) is 3.30. The molecule has 5 nitrogen and oxygen atoms in total. The number of aromatic carboxylic acids is 1. The molecule has 1 aliphatic heterocycles. The van der Waals surface area contributed by atoms with E-state index in [1.165, 1.54) is 17.7 Å². The van der Waals surface area contributed by atoms with E-state index in [0.29, 0.717) is 12.1 Å². The summed E-state index contributed by atoms with van der Waals surface area (Å²) in [5, 5.41) is 12.0. The molecule has 2 unspecified atom stereocenters. The summed E-state index contributed by atoms with van der Waals surface area (Å²) in [5.74, 6) is -1.11. The summed E-state index contributed by atoms with van der Waals surface area (Å²) in [7, 11) is 0. The monoisotopic (exact) mass is 353 g/mol. The first-order valence-corrected chi connectivity index (χ1v) is 8.84. The van der Waals surface area contributed by atoms with Gasteiger partial charge in [-0.25, -0.2) is 4.79 Å². The molecule has 5 heteroatoms. The molecule has 1 amide bonds. The van der Waals surface area contributed by atoms with Crippen molar-refractivity contribution in [1.29, 1.82) is 0 Å². The van der Waals surface area contributed by atoms with Crippen molar-refractivity contribution in [2.24, 2.45) is 5.92 Å². The van der Waals surface area contributed by atoms with Crippen molar-refractivity contribution in [3.63, 3.8) is 0 Å². The molecule has 0 aromatic heterocycles. The number of carboxylic acids is 1. The lowest BCUT2D eigenvalue weighted by Crippen LogP contribution is -2.35. The molecule has 1 saturated heterocycles. The van der Waals surface area contributed by atoms with Gasteiger partial charge in [0, 0.05) is 24.6 Å². The zero-order valence-corrected chi connectivity index (χ0v) is 14.8. The molecule has 2 aromatic rings. The smallest absolute Gasteiger partial charge is 0.335 e. The van der Waals surface area contributed by atoms with Crippen LogP contribution in [0.15, 0.2) is 48.5 Å². The number of amides is 1. The zero-order chi connectivity index (χ0) is 18.5. The minimum Gasteiger partial charge on any atom is -0.478 e. The van der Waals surface area contributed by atoms with E-state index in [0.717, 1.165) is 25.0 Å². The fraction of sp³-hybridized carbons (Fsp3) is 0.333. The standard InChI is InChI=1S/C21H23NO4/c1-14-7-9-15(10-8-14)19-18(6-3-11-26-19)13-22-20(23)16-4-2-5-17(12-16)21(24)25/h2,4-5,7-10,12,18-19H,3,6,11,13H2,1H3,(H,22,23)(H,24,25). The number of hydrogen-bond acceptors (Lipinski definition) is 3. The Morgan fingerprint density at radius 2 is 1.88 bits per heavy atom. The van der Waals surface area contributed by atoms with Crippen LogP contribution in [-0.2, 0) is 4.74 Å². The Morgan fingerprint density at radius 3 is 2.62 bits per heavy atom. The summed E-state index contributed by atoms with van der Waals surface area (Å²) in [4.78, 5) is 23.5. The molecule has 2 atom stereocenters. The highest BCUT2D eigenvalue weighted by Gasteiger charge is 2.27. The zero-order valence-electron chi connectivity index (χ0n) is 14.8. The number of ether oxygens (including phenoxy) is 1. The van der Waals surface area contributed by atoms with Gasteiger partial charge in [-0.05, 0) is 43.5 Å². The molecular weight excluding hydrogens is 330 g/mol. The molecule has 2 aromatic carbocycles. The summed E-state index contributed by atoms with van der Waals surface area (Å²) in [6.45, 7) is 3.27. The lowest BCUT2D eigenvalue weighted by atomic mass is 9.89. The van der Waals surface area contributed by atoms with Gasteiger partial charge in [-0.15, -0.1) is 0 Å². The van der Waals surface area contributed by atoms with Crippen molar-refractivity contribution < 1.29 is 19.4 Å². The Labute approximate surface area is 153 Å². The molecule has 0 bridgehead atoms. The predicted octanol–water partition coefficient (Wildman–Crippen LogP) is 3.59. The largest absolute Gasteiger partial charge is 0.478 e. The van der Waals surface area contributed by atoms with Crippen molar-refractivity contribution in [1.82, 2.24) is 5.32 Å². The first-order valence-electron chi connectivity index (χ1n) is 8.84. The quantitative estimate of drug-likeness (QED) is 0.861. The highest BCUT2D eigenvalue weighted by Crippen LogP contribution is 2.33. The molecule has 1 fully saturated rings. The van der Waals surface area contributed by atoms with E-state index < -0.39 is 5.97 Å². The van der Waals surface area contributed by atoms with Gasteiger partial charge >= 0.3 is 5.97 Å². The molecule has 0 radical (unpaired) electrons. The van der Waals surface area contributed by atoms with Crippen molar-refractivity contribution in [2.75, 3.05) is 13.2 Å². The first kappa shape index (κ1) is 18.1. The number of aryl methyl sites for hydroxylation is 1. The molecule has 3 rings (SSSR count). The van der Waals surface area contributed by atoms with Crippen LogP contribution in [0.1, 0.15) is 50.8 Å². The van der Waals surface area contributed by atoms with Gasteiger partial charge in [0.05, 0.1) is 11.7 Å². The Balaban J connectivity index is 1.66. The maximum Gasteiger partial charge on any atom is 0.335 e. The molecule has 1 aliphatic rings. The Kier molecular flexibility index (Phi) is 5.68. The third-order valence-electron chi connectivity index (χ3n) is 4.75. The first-order chi connectivity index (χ1) is 12.5. The second kappa shape index (κ2) is 8.15. The summed E-state index contributed by atoms with van der Waals surface area (Å²) in [6.07, 6.45) is 1.92. The molecule has 0 saturated carbocycles. The van der Waals surface area contributed by atoms with Gasteiger partial charge in [0.2, 0.25) is 0 Å². The van der Waals surface area contributed by atoms with Crippen LogP contribution >= 0.6 is 0 Å². The van der Waals surface area contributed by atoms with Crippen LogP contribution in [0.3, 0.4) is 0 Å². The van der Waals surface area contributed by atoms with E-state index in [9.17, 15) is 9.59 Å². The van der Waals surface area contributed by atoms with E-state index in [2.05, 4.69) is 36.5 Å². The maximum atomic E-state index is 12.4. The number of carbonyl (C=O) groups is 2. The average molecular weight is 353 g/mol. The van der Waals surface area contributed by atoms with Crippen molar-refractivity contribution in [3.8, 4) is 0 Å². The number of carboxylic acid groups (broad SMARTS) is 1. The molecule has 1 heterocycles. The SMILES string of the molecule is Cc1ccc(C2OCCCC2CNC(=O)c2cccc(C(=O)O)c2)cc1. The third kappa shape index (κ3) is 4.29. The molecule has 136 valence electrons. The lowest BCUT2D eigenvalue weighted by molar-refractivity contribution is -0.0272. The van der Waals surface area contributed by atoms with Crippen molar-refractivity contribution in [2.45, 2.75) is 25.9 Å². The summed E-state index contributed by atoms with van der Waals surface area (Å²) >= 11 is 0. The van der Waals surface area contributed by atoms with Gasteiger partial charge in [-0.3, -0.25) is 4.79 Å². The number of benzene rings is 2. The number of rotatable bonds is 5. The van der Waals surface area contributed by atoms with Crippen molar-refractivity contribution in [3.05, 3.63) is 70.8 Å². The molecule has 0 spiro atoms. The van der Waals surface area contributed by atoms with E-state index in [1.807, 2.05) is 0 Å². The topological polar surface area (TPSA) is 75.6 Å².